The fourth-order valence-electron chi connectivity index (χ4n) is 2.28. The molecule has 2 rings (SSSR count). The van der Waals surface area contributed by atoms with Crippen molar-refractivity contribution in [3.05, 3.63) is 60.2 Å². The summed E-state index contributed by atoms with van der Waals surface area (Å²) in [4.78, 5) is 10.4. The molecule has 0 unspecified atom stereocenters. The number of carbonyl (C=O) groups is 1. The minimum atomic E-state index is 0.565. The van der Waals surface area contributed by atoms with Gasteiger partial charge in [0.05, 0.1) is 6.61 Å². The summed E-state index contributed by atoms with van der Waals surface area (Å²) in [6.45, 7) is 4.13. The fourth-order valence-corrected chi connectivity index (χ4v) is 2.28. The van der Waals surface area contributed by atoms with Crippen LogP contribution in [0.2, 0.25) is 0 Å². The summed E-state index contributed by atoms with van der Waals surface area (Å²) < 4.78 is 11.2. The third kappa shape index (κ3) is 6.01. The number of hydrogen-bond acceptors (Lipinski definition) is 3. The Labute approximate surface area is 143 Å². The van der Waals surface area contributed by atoms with Crippen LogP contribution >= 0.6 is 0 Å². The van der Waals surface area contributed by atoms with Gasteiger partial charge in [-0.1, -0.05) is 49.8 Å². The first-order valence-corrected chi connectivity index (χ1v) is 8.36. The summed E-state index contributed by atoms with van der Waals surface area (Å²) in [6.07, 6.45) is 6.32. The lowest BCUT2D eigenvalue weighted by Gasteiger charge is -2.08. The molecule has 24 heavy (non-hydrogen) atoms. The number of carbonyl (C=O) groups excluding carboxylic acids is 1. The quantitative estimate of drug-likeness (QED) is 0.359. The van der Waals surface area contributed by atoms with Crippen LogP contribution in [-0.4, -0.2) is 26.1 Å². The lowest BCUT2D eigenvalue weighted by atomic mass is 10.0. The first kappa shape index (κ1) is 18.0. The molecule has 3 nitrogen and oxygen atoms in total. The predicted molar refractivity (Wildman–Crippen MR) is 98.2 cm³/mol. The molecule has 126 valence electrons. The van der Waals surface area contributed by atoms with Crippen LogP contribution in [0.25, 0.3) is 17.2 Å². The molecule has 0 aliphatic rings. The topological polar surface area (TPSA) is 35.5 Å². The summed E-state index contributed by atoms with van der Waals surface area (Å²) in [6, 6.07) is 16.1. The van der Waals surface area contributed by atoms with Crippen LogP contribution in [0.1, 0.15) is 25.3 Å². The molecule has 0 bridgehead atoms. The van der Waals surface area contributed by atoms with Gasteiger partial charge in [0.15, 0.2) is 0 Å². The van der Waals surface area contributed by atoms with Crippen LogP contribution in [0.4, 0.5) is 0 Å². The van der Waals surface area contributed by atoms with Crippen LogP contribution in [0.5, 0.6) is 5.75 Å². The van der Waals surface area contributed by atoms with E-state index >= 15 is 0 Å². The van der Waals surface area contributed by atoms with Crippen molar-refractivity contribution >= 4 is 12.4 Å². The third-order valence-electron chi connectivity index (χ3n) is 3.58. The van der Waals surface area contributed by atoms with E-state index in [0.717, 1.165) is 48.2 Å². The van der Waals surface area contributed by atoms with Crippen LogP contribution < -0.4 is 4.74 Å². The van der Waals surface area contributed by atoms with Crippen molar-refractivity contribution in [1.82, 2.24) is 0 Å². The number of aldehydes is 1. The Morgan fingerprint density at radius 2 is 1.79 bits per heavy atom. The first-order valence-electron chi connectivity index (χ1n) is 8.36. The van der Waals surface area contributed by atoms with E-state index in [4.69, 9.17) is 9.47 Å². The van der Waals surface area contributed by atoms with Crippen LogP contribution in [-0.2, 0) is 9.53 Å². The van der Waals surface area contributed by atoms with E-state index < -0.39 is 0 Å². The zero-order valence-corrected chi connectivity index (χ0v) is 14.1. The highest BCUT2D eigenvalue weighted by Gasteiger charge is 2.00. The summed E-state index contributed by atoms with van der Waals surface area (Å²) in [5, 5.41) is 0. The van der Waals surface area contributed by atoms with E-state index in [2.05, 4.69) is 19.1 Å². The molecule has 0 saturated carbocycles. The van der Waals surface area contributed by atoms with Gasteiger partial charge in [0.1, 0.15) is 18.6 Å². The lowest BCUT2D eigenvalue weighted by Crippen LogP contribution is -2.07. The Kier molecular flexibility index (Phi) is 7.78. The Balaban J connectivity index is 1.89. The van der Waals surface area contributed by atoms with Crippen molar-refractivity contribution < 1.29 is 14.3 Å². The second kappa shape index (κ2) is 10.4. The molecule has 2 aromatic rings. The standard InChI is InChI=1S/C21H24O3/c1-2-3-14-23-15-16-24-21-11-9-19(10-12-21)20-8-4-6-18(17-20)7-5-13-22/h4-13,17H,2-3,14-16H2,1H3/b7-5+. The maximum atomic E-state index is 10.4. The maximum absolute atomic E-state index is 10.4. The number of unbranched alkanes of at least 4 members (excludes halogenated alkanes) is 1. The Morgan fingerprint density at radius 3 is 2.54 bits per heavy atom. The van der Waals surface area contributed by atoms with Gasteiger partial charge in [-0.15, -0.1) is 0 Å². The van der Waals surface area contributed by atoms with E-state index in [9.17, 15) is 4.79 Å². The molecular weight excluding hydrogens is 300 g/mol. The van der Waals surface area contributed by atoms with E-state index in [1.807, 2.05) is 36.4 Å². The molecule has 0 radical (unpaired) electrons. The highest BCUT2D eigenvalue weighted by Crippen LogP contribution is 2.23. The highest BCUT2D eigenvalue weighted by molar-refractivity contribution is 5.75. The highest BCUT2D eigenvalue weighted by atomic mass is 16.5. The summed E-state index contributed by atoms with van der Waals surface area (Å²) >= 11 is 0. The summed E-state index contributed by atoms with van der Waals surface area (Å²) in [7, 11) is 0. The molecule has 0 aliphatic carbocycles. The van der Waals surface area contributed by atoms with Gasteiger partial charge in [-0.05, 0) is 47.4 Å². The molecule has 0 aliphatic heterocycles. The molecule has 0 atom stereocenters. The number of hydrogen-bond donors (Lipinski definition) is 0. The molecule has 0 saturated heterocycles. The number of allylic oxidation sites excluding steroid dienone is 1. The molecule has 0 fully saturated rings. The number of rotatable bonds is 10. The van der Waals surface area contributed by atoms with E-state index in [-0.39, 0.29) is 0 Å². The Morgan fingerprint density at radius 1 is 0.958 bits per heavy atom. The van der Waals surface area contributed by atoms with Crippen molar-refractivity contribution in [1.29, 1.82) is 0 Å². The average molecular weight is 324 g/mol. The molecule has 0 aromatic heterocycles. The second-order valence-corrected chi connectivity index (χ2v) is 5.46. The van der Waals surface area contributed by atoms with Crippen molar-refractivity contribution in [3.8, 4) is 16.9 Å². The van der Waals surface area contributed by atoms with Crippen molar-refractivity contribution in [2.75, 3.05) is 19.8 Å². The van der Waals surface area contributed by atoms with Crippen LogP contribution in [0, 0.1) is 0 Å². The van der Waals surface area contributed by atoms with E-state index in [1.54, 1.807) is 6.08 Å². The zero-order chi connectivity index (χ0) is 17.0. The zero-order valence-electron chi connectivity index (χ0n) is 14.1. The van der Waals surface area contributed by atoms with E-state index in [1.165, 1.54) is 6.08 Å². The molecule has 0 heterocycles. The number of ether oxygens (including phenoxy) is 2. The largest absolute Gasteiger partial charge is 0.491 e. The van der Waals surface area contributed by atoms with Gasteiger partial charge < -0.3 is 9.47 Å². The smallest absolute Gasteiger partial charge is 0.142 e. The Hall–Kier alpha value is -2.39. The third-order valence-corrected chi connectivity index (χ3v) is 3.58. The maximum Gasteiger partial charge on any atom is 0.142 e. The van der Waals surface area contributed by atoms with Gasteiger partial charge in [0.2, 0.25) is 0 Å². The second-order valence-electron chi connectivity index (χ2n) is 5.46. The molecule has 2 aromatic carbocycles. The summed E-state index contributed by atoms with van der Waals surface area (Å²) in [5.74, 6) is 0.842. The van der Waals surface area contributed by atoms with Crippen LogP contribution in [0.15, 0.2) is 54.6 Å². The van der Waals surface area contributed by atoms with Gasteiger partial charge in [0, 0.05) is 6.61 Å². The average Bonchev–Trinajstić information content (AvgIpc) is 2.63. The van der Waals surface area contributed by atoms with E-state index in [0.29, 0.717) is 13.2 Å². The minimum Gasteiger partial charge on any atom is -0.491 e. The summed E-state index contributed by atoms with van der Waals surface area (Å²) in [5.41, 5.74) is 3.23. The predicted octanol–water partition coefficient (Wildman–Crippen LogP) is 4.76. The van der Waals surface area contributed by atoms with Crippen LogP contribution in [0.3, 0.4) is 0 Å². The van der Waals surface area contributed by atoms with Crippen molar-refractivity contribution in [2.45, 2.75) is 19.8 Å². The van der Waals surface area contributed by atoms with Gasteiger partial charge in [-0.2, -0.15) is 0 Å². The van der Waals surface area contributed by atoms with Gasteiger partial charge >= 0.3 is 0 Å². The normalized spacial score (nSPS) is 10.9. The lowest BCUT2D eigenvalue weighted by molar-refractivity contribution is -0.104. The molecular formula is C21H24O3. The van der Waals surface area contributed by atoms with Gasteiger partial charge in [-0.25, -0.2) is 0 Å². The monoisotopic (exact) mass is 324 g/mol. The molecule has 3 heteroatoms. The molecule has 0 N–H and O–H groups in total. The SMILES string of the molecule is CCCCOCCOc1ccc(-c2cccc(/C=C/C=O)c2)cc1. The van der Waals surface area contributed by atoms with Gasteiger partial charge in [-0.3, -0.25) is 4.79 Å². The fraction of sp³-hybridized carbons (Fsp3) is 0.286. The van der Waals surface area contributed by atoms with Crippen molar-refractivity contribution in [2.24, 2.45) is 0 Å². The number of benzene rings is 2. The van der Waals surface area contributed by atoms with Gasteiger partial charge in [0.25, 0.3) is 0 Å². The molecule has 0 spiro atoms. The first-order chi connectivity index (χ1) is 11.8. The minimum absolute atomic E-state index is 0.565. The van der Waals surface area contributed by atoms with Crippen molar-refractivity contribution in [3.63, 3.8) is 0 Å². The Bertz CT molecular complexity index is 644. The molecule has 0 amide bonds.